The summed E-state index contributed by atoms with van der Waals surface area (Å²) in [6, 6.07) is 4.16. The zero-order valence-electron chi connectivity index (χ0n) is 20.1. The highest BCUT2D eigenvalue weighted by atomic mass is 19.4. The van der Waals surface area contributed by atoms with Gasteiger partial charge in [0.2, 0.25) is 0 Å². The molecule has 2 aliphatic rings. The number of likely N-dealkylation sites (tertiary alicyclic amines) is 1. The average molecular weight is 508 g/mol. The van der Waals surface area contributed by atoms with E-state index in [1.807, 2.05) is 4.90 Å². The number of hydrogen-bond acceptors (Lipinski definition) is 2. The van der Waals surface area contributed by atoms with Gasteiger partial charge in [0.05, 0.1) is 5.56 Å². The maximum atomic E-state index is 12.7. The molecule has 9 heteroatoms. The Kier molecular flexibility index (Phi) is 11.1. The molecule has 1 N–H and O–H groups in total. The Morgan fingerprint density at radius 3 is 2.26 bits per heavy atom. The minimum Gasteiger partial charge on any atom is -0.481 e. The summed E-state index contributed by atoms with van der Waals surface area (Å²) in [4.78, 5) is 12.8. The molecule has 2 atom stereocenters. The van der Waals surface area contributed by atoms with Crippen LogP contribution in [-0.2, 0) is 11.0 Å². The molecule has 198 valence electrons. The van der Waals surface area contributed by atoms with Crippen molar-refractivity contribution in [3.05, 3.63) is 47.0 Å². The van der Waals surface area contributed by atoms with E-state index in [0.717, 1.165) is 12.1 Å². The molecule has 0 unspecified atom stereocenters. The van der Waals surface area contributed by atoms with Gasteiger partial charge in [-0.25, -0.2) is 0 Å². The van der Waals surface area contributed by atoms with Crippen molar-refractivity contribution >= 4 is 5.97 Å². The Morgan fingerprint density at radius 2 is 1.77 bits per heavy atom. The first kappa shape index (κ1) is 29.2. The molecule has 1 aliphatic heterocycles. The van der Waals surface area contributed by atoms with Gasteiger partial charge < -0.3 is 5.11 Å². The fourth-order valence-electron chi connectivity index (χ4n) is 4.74. The van der Waals surface area contributed by atoms with Gasteiger partial charge in [0.1, 0.15) is 0 Å². The van der Waals surface area contributed by atoms with Crippen LogP contribution in [0.2, 0.25) is 0 Å². The lowest BCUT2D eigenvalue weighted by molar-refractivity contribution is -0.140. The molecule has 1 heterocycles. The summed E-state index contributed by atoms with van der Waals surface area (Å²) in [5.41, 5.74) is 1.44. The number of aliphatic carboxylic acids is 1. The number of rotatable bonds is 7. The summed E-state index contributed by atoms with van der Waals surface area (Å²) in [7, 11) is 0. The number of carbonyl (C=O) groups is 1. The van der Waals surface area contributed by atoms with Crippen LogP contribution in [0.15, 0.2) is 35.9 Å². The van der Waals surface area contributed by atoms with Gasteiger partial charge >= 0.3 is 18.3 Å². The molecular weight excluding hydrogens is 472 g/mol. The number of hydrogen-bond donors (Lipinski definition) is 1. The largest absolute Gasteiger partial charge is 0.481 e. The Hall–Kier alpha value is -2.03. The highest BCUT2D eigenvalue weighted by molar-refractivity contribution is 5.67. The normalized spacial score (nSPS) is 21.6. The van der Waals surface area contributed by atoms with Crippen LogP contribution in [0.25, 0.3) is 0 Å². The third-order valence-electron chi connectivity index (χ3n) is 6.65. The highest BCUT2D eigenvalue weighted by Gasteiger charge is 2.34. The van der Waals surface area contributed by atoms with Gasteiger partial charge in [-0.1, -0.05) is 30.7 Å². The second-order valence-corrected chi connectivity index (χ2v) is 9.34. The zero-order chi connectivity index (χ0) is 26.1. The Balaban J connectivity index is 0.000000456. The van der Waals surface area contributed by atoms with E-state index in [1.54, 1.807) is 5.57 Å². The topological polar surface area (TPSA) is 40.5 Å². The quantitative estimate of drug-likeness (QED) is 0.299. The zero-order valence-corrected chi connectivity index (χ0v) is 20.1. The molecule has 0 saturated carbocycles. The monoisotopic (exact) mass is 507 g/mol. The van der Waals surface area contributed by atoms with E-state index in [0.29, 0.717) is 24.9 Å². The summed E-state index contributed by atoms with van der Waals surface area (Å²) in [6.07, 6.45) is 0.347. The van der Waals surface area contributed by atoms with Crippen LogP contribution < -0.4 is 0 Å². The van der Waals surface area contributed by atoms with Gasteiger partial charge in [-0.2, -0.15) is 26.3 Å². The molecule has 3 nitrogen and oxygen atoms in total. The van der Waals surface area contributed by atoms with Gasteiger partial charge in [-0.3, -0.25) is 9.69 Å². The van der Waals surface area contributed by atoms with Crippen LogP contribution >= 0.6 is 0 Å². The molecule has 1 aliphatic carbocycles. The Labute approximate surface area is 203 Å². The molecule has 0 spiro atoms. The molecule has 3 rings (SSSR count). The Morgan fingerprint density at radius 1 is 1.09 bits per heavy atom. The summed E-state index contributed by atoms with van der Waals surface area (Å²) in [5, 5.41) is 8.98. The smallest absolute Gasteiger partial charge is 0.416 e. The number of carboxylic acids is 1. The van der Waals surface area contributed by atoms with E-state index in [2.05, 4.69) is 13.0 Å². The van der Waals surface area contributed by atoms with Crippen LogP contribution in [0.1, 0.15) is 88.3 Å². The Bertz CT molecular complexity index is 817. The minimum absolute atomic E-state index is 0.0620. The first-order chi connectivity index (χ1) is 16.4. The number of halogens is 6. The van der Waals surface area contributed by atoms with Crippen molar-refractivity contribution in [3.63, 3.8) is 0 Å². The van der Waals surface area contributed by atoms with Gasteiger partial charge in [0, 0.05) is 18.9 Å². The number of benzene rings is 1. The number of alkyl halides is 6. The molecule has 1 aromatic rings. The first-order valence-corrected chi connectivity index (χ1v) is 12.3. The summed E-state index contributed by atoms with van der Waals surface area (Å²) >= 11 is 0. The summed E-state index contributed by atoms with van der Waals surface area (Å²) in [6.45, 7) is 2.82. The average Bonchev–Trinajstić information content (AvgIpc) is 2.79. The lowest BCUT2D eigenvalue weighted by Gasteiger charge is -2.39. The van der Waals surface area contributed by atoms with Gasteiger partial charge in [0.15, 0.2) is 0 Å². The van der Waals surface area contributed by atoms with Crippen molar-refractivity contribution in [1.82, 2.24) is 4.90 Å². The number of nitrogens with zero attached hydrogens (tertiary/aromatic N) is 1. The van der Waals surface area contributed by atoms with Gasteiger partial charge in [-0.15, -0.1) is 0 Å². The number of carboxylic acid groups (broad SMARTS) is 1. The van der Waals surface area contributed by atoms with Gasteiger partial charge in [-0.05, 0) is 88.1 Å². The fourth-order valence-corrected chi connectivity index (χ4v) is 4.74. The minimum atomic E-state index is -4.47. The van der Waals surface area contributed by atoms with E-state index >= 15 is 0 Å². The van der Waals surface area contributed by atoms with Crippen LogP contribution in [-0.4, -0.2) is 35.2 Å². The highest BCUT2D eigenvalue weighted by Crippen LogP contribution is 2.38. The second-order valence-electron chi connectivity index (χ2n) is 9.34. The third-order valence-corrected chi connectivity index (χ3v) is 6.65. The van der Waals surface area contributed by atoms with Crippen molar-refractivity contribution in [2.45, 2.75) is 89.5 Å². The SMILES string of the molecule is CCC1=CCCCC1.O=C(O)C[C@@H]1CCN(CCCC(F)(F)F)[C@H](c2ccc(C(F)(F)F)cc2)C1. The van der Waals surface area contributed by atoms with Crippen molar-refractivity contribution in [2.75, 3.05) is 13.1 Å². The van der Waals surface area contributed by atoms with E-state index in [1.165, 1.54) is 44.2 Å². The molecule has 0 radical (unpaired) electrons. The fraction of sp³-hybridized carbons (Fsp3) is 0.654. The predicted octanol–water partition coefficient (Wildman–Crippen LogP) is 8.17. The van der Waals surface area contributed by atoms with Crippen LogP contribution in [0.3, 0.4) is 0 Å². The van der Waals surface area contributed by atoms with Crippen molar-refractivity contribution in [1.29, 1.82) is 0 Å². The number of piperidine rings is 1. The van der Waals surface area contributed by atoms with E-state index in [-0.39, 0.29) is 25.3 Å². The third kappa shape index (κ3) is 10.6. The standard InChI is InChI=1S/C18H21F6NO2.C8H14/c19-17(20,21)7-1-8-25-9-6-12(11-16(26)27)10-15(25)13-2-4-14(5-3-13)18(22,23)24;1-2-8-6-4-3-5-7-8/h2-5,12,15H,1,6-11H2,(H,26,27);6H,2-5,7H2,1H3/t12-,15+;/m1./s1. The predicted molar refractivity (Wildman–Crippen MR) is 123 cm³/mol. The van der Waals surface area contributed by atoms with Crippen molar-refractivity contribution in [3.8, 4) is 0 Å². The maximum absolute atomic E-state index is 12.7. The van der Waals surface area contributed by atoms with E-state index < -0.39 is 36.3 Å². The van der Waals surface area contributed by atoms with E-state index in [4.69, 9.17) is 5.11 Å². The van der Waals surface area contributed by atoms with Crippen molar-refractivity contribution in [2.24, 2.45) is 5.92 Å². The summed E-state index contributed by atoms with van der Waals surface area (Å²) < 4.78 is 75.4. The second kappa shape index (κ2) is 13.3. The molecule has 0 amide bonds. The van der Waals surface area contributed by atoms with Crippen molar-refractivity contribution < 1.29 is 36.2 Å². The molecule has 35 heavy (non-hydrogen) atoms. The van der Waals surface area contributed by atoms with Crippen LogP contribution in [0, 0.1) is 5.92 Å². The maximum Gasteiger partial charge on any atom is 0.416 e. The van der Waals surface area contributed by atoms with E-state index in [9.17, 15) is 31.1 Å². The summed E-state index contributed by atoms with van der Waals surface area (Å²) in [5.74, 6) is -1.12. The molecule has 1 aromatic carbocycles. The molecule has 1 saturated heterocycles. The molecular formula is C26H35F6NO2. The lowest BCUT2D eigenvalue weighted by atomic mass is 9.85. The lowest BCUT2D eigenvalue weighted by Crippen LogP contribution is -2.38. The first-order valence-electron chi connectivity index (χ1n) is 12.3. The molecule has 0 aromatic heterocycles. The molecule has 1 fully saturated rings. The molecule has 0 bridgehead atoms. The van der Waals surface area contributed by atoms with Crippen LogP contribution in [0.4, 0.5) is 26.3 Å². The number of allylic oxidation sites excluding steroid dienone is 2. The van der Waals surface area contributed by atoms with Crippen LogP contribution in [0.5, 0.6) is 0 Å². The van der Waals surface area contributed by atoms with Gasteiger partial charge in [0.25, 0.3) is 0 Å².